The summed E-state index contributed by atoms with van der Waals surface area (Å²) in [7, 11) is 0. The van der Waals surface area contributed by atoms with E-state index < -0.39 is 11.6 Å². The van der Waals surface area contributed by atoms with Gasteiger partial charge in [-0.15, -0.1) is 0 Å². The topological polar surface area (TPSA) is 55.8 Å². The van der Waals surface area contributed by atoms with Gasteiger partial charge in [-0.2, -0.15) is 0 Å². The van der Waals surface area contributed by atoms with E-state index in [2.05, 4.69) is 24.5 Å². The summed E-state index contributed by atoms with van der Waals surface area (Å²) >= 11 is 0. The summed E-state index contributed by atoms with van der Waals surface area (Å²) in [5.74, 6) is -0.981. The van der Waals surface area contributed by atoms with Crippen molar-refractivity contribution < 1.29 is 19.4 Å². The molecule has 0 aliphatic heterocycles. The van der Waals surface area contributed by atoms with Crippen LogP contribution in [-0.4, -0.2) is 23.3 Å². The normalized spacial score (nSPS) is 13.6. The van der Waals surface area contributed by atoms with Crippen molar-refractivity contribution in [2.75, 3.05) is 6.61 Å². The molecule has 0 bridgehead atoms. The standard InChI is InChI=1S/C10H14O4/c1-5-7-14-9(11)10(4,12)8(3)13-6-2/h5-6,12H,1-3,7H2,4H3. The maximum absolute atomic E-state index is 11.2. The quantitative estimate of drug-likeness (QED) is 0.395. The van der Waals surface area contributed by atoms with Crippen molar-refractivity contribution in [1.29, 1.82) is 0 Å². The van der Waals surface area contributed by atoms with Crippen LogP contribution in [0.5, 0.6) is 0 Å². The molecule has 0 aliphatic carbocycles. The smallest absolute Gasteiger partial charge is 0.346 e. The number of carbonyl (C=O) groups excluding carboxylic acids is 1. The number of rotatable bonds is 6. The molecule has 1 unspecified atom stereocenters. The SMILES string of the molecule is C=CCOC(=O)C(C)(O)C(=C)OC=C. The second-order valence-corrected chi connectivity index (χ2v) is 2.67. The molecular weight excluding hydrogens is 184 g/mol. The molecule has 0 fully saturated rings. The lowest BCUT2D eigenvalue weighted by atomic mass is 10.1. The fourth-order valence-corrected chi connectivity index (χ4v) is 0.604. The van der Waals surface area contributed by atoms with Crippen molar-refractivity contribution in [3.8, 4) is 0 Å². The zero-order chi connectivity index (χ0) is 11.2. The minimum atomic E-state index is -1.88. The third-order valence-corrected chi connectivity index (χ3v) is 1.50. The molecule has 0 aromatic carbocycles. The lowest BCUT2D eigenvalue weighted by molar-refractivity contribution is -0.161. The van der Waals surface area contributed by atoms with E-state index in [9.17, 15) is 9.90 Å². The maximum atomic E-state index is 11.2. The molecule has 0 rings (SSSR count). The van der Waals surface area contributed by atoms with Gasteiger partial charge in [-0.3, -0.25) is 0 Å². The van der Waals surface area contributed by atoms with Gasteiger partial charge >= 0.3 is 5.97 Å². The van der Waals surface area contributed by atoms with E-state index in [1.54, 1.807) is 0 Å². The fraction of sp³-hybridized carbons (Fsp3) is 0.300. The molecular formula is C10H14O4. The van der Waals surface area contributed by atoms with Gasteiger partial charge in [0.1, 0.15) is 12.4 Å². The van der Waals surface area contributed by atoms with E-state index >= 15 is 0 Å². The van der Waals surface area contributed by atoms with Gasteiger partial charge in [0.15, 0.2) is 0 Å². The van der Waals surface area contributed by atoms with Crippen molar-refractivity contribution in [1.82, 2.24) is 0 Å². The Balaban J connectivity index is 4.42. The molecule has 0 aromatic rings. The Morgan fingerprint density at radius 2 is 2.14 bits per heavy atom. The number of ether oxygens (including phenoxy) is 2. The van der Waals surface area contributed by atoms with Crippen molar-refractivity contribution in [3.05, 3.63) is 37.8 Å². The molecule has 0 radical (unpaired) electrons. The Labute approximate surface area is 83.1 Å². The van der Waals surface area contributed by atoms with Crippen LogP contribution < -0.4 is 0 Å². The van der Waals surface area contributed by atoms with Gasteiger partial charge in [0.25, 0.3) is 0 Å². The Kier molecular flexibility index (Phi) is 4.66. The number of aliphatic hydroxyl groups is 1. The third-order valence-electron chi connectivity index (χ3n) is 1.50. The van der Waals surface area contributed by atoms with Crippen LogP contribution in [0.4, 0.5) is 0 Å². The van der Waals surface area contributed by atoms with E-state index in [-0.39, 0.29) is 12.4 Å². The maximum Gasteiger partial charge on any atom is 0.346 e. The van der Waals surface area contributed by atoms with Crippen LogP contribution in [0.3, 0.4) is 0 Å². The van der Waals surface area contributed by atoms with Crippen LogP contribution in [0.15, 0.2) is 37.8 Å². The summed E-state index contributed by atoms with van der Waals surface area (Å²) in [6.45, 7) is 11.3. The molecule has 14 heavy (non-hydrogen) atoms. The van der Waals surface area contributed by atoms with Gasteiger partial charge in [0.2, 0.25) is 5.60 Å². The van der Waals surface area contributed by atoms with E-state index in [0.717, 1.165) is 6.26 Å². The Bertz CT molecular complexity index is 253. The lowest BCUT2D eigenvalue weighted by Gasteiger charge is -2.21. The molecule has 4 heteroatoms. The third kappa shape index (κ3) is 3.06. The minimum absolute atomic E-state index is 0.0242. The number of hydrogen-bond donors (Lipinski definition) is 1. The van der Waals surface area contributed by atoms with Crippen LogP contribution in [0.1, 0.15) is 6.92 Å². The van der Waals surface area contributed by atoms with Gasteiger partial charge < -0.3 is 14.6 Å². The van der Waals surface area contributed by atoms with E-state index in [0.29, 0.717) is 0 Å². The van der Waals surface area contributed by atoms with Crippen LogP contribution >= 0.6 is 0 Å². The molecule has 0 spiro atoms. The van der Waals surface area contributed by atoms with Crippen LogP contribution in [-0.2, 0) is 14.3 Å². The summed E-state index contributed by atoms with van der Waals surface area (Å²) < 4.78 is 9.34. The van der Waals surface area contributed by atoms with Gasteiger partial charge in [0.05, 0.1) is 6.26 Å². The molecule has 0 aliphatic rings. The summed E-state index contributed by atoms with van der Waals surface area (Å²) in [6, 6.07) is 0. The highest BCUT2D eigenvalue weighted by Gasteiger charge is 2.36. The van der Waals surface area contributed by atoms with Crippen molar-refractivity contribution in [2.45, 2.75) is 12.5 Å². The molecule has 78 valence electrons. The largest absolute Gasteiger partial charge is 0.467 e. The molecule has 0 amide bonds. The minimum Gasteiger partial charge on any atom is -0.467 e. The zero-order valence-corrected chi connectivity index (χ0v) is 8.16. The first-order chi connectivity index (χ1) is 6.46. The van der Waals surface area contributed by atoms with Gasteiger partial charge in [-0.1, -0.05) is 25.8 Å². The Morgan fingerprint density at radius 3 is 2.57 bits per heavy atom. The molecule has 0 aromatic heterocycles. The lowest BCUT2D eigenvalue weighted by Crippen LogP contribution is -2.39. The predicted molar refractivity (Wildman–Crippen MR) is 52.2 cm³/mol. The second kappa shape index (κ2) is 5.24. The molecule has 0 saturated heterocycles. The fourth-order valence-electron chi connectivity index (χ4n) is 0.604. The van der Waals surface area contributed by atoms with Crippen molar-refractivity contribution >= 4 is 5.97 Å². The monoisotopic (exact) mass is 198 g/mol. The van der Waals surface area contributed by atoms with Crippen molar-refractivity contribution in [3.63, 3.8) is 0 Å². The van der Waals surface area contributed by atoms with Gasteiger partial charge in [-0.25, -0.2) is 4.79 Å². The summed E-state index contributed by atoms with van der Waals surface area (Å²) in [4.78, 5) is 11.2. The highest BCUT2D eigenvalue weighted by atomic mass is 16.6. The first-order valence-corrected chi connectivity index (χ1v) is 3.94. The molecule has 1 atom stereocenters. The molecule has 0 saturated carbocycles. The number of hydrogen-bond acceptors (Lipinski definition) is 4. The Morgan fingerprint density at radius 1 is 1.57 bits per heavy atom. The highest BCUT2D eigenvalue weighted by Crippen LogP contribution is 2.17. The molecule has 1 N–H and O–H groups in total. The summed E-state index contributed by atoms with van der Waals surface area (Å²) in [5.41, 5.74) is -1.88. The average Bonchev–Trinajstić information content (AvgIpc) is 2.14. The first kappa shape index (κ1) is 12.4. The highest BCUT2D eigenvalue weighted by molar-refractivity contribution is 5.82. The summed E-state index contributed by atoms with van der Waals surface area (Å²) in [6.07, 6.45) is 2.46. The van der Waals surface area contributed by atoms with E-state index in [4.69, 9.17) is 4.74 Å². The van der Waals surface area contributed by atoms with Gasteiger partial charge in [0, 0.05) is 0 Å². The summed E-state index contributed by atoms with van der Waals surface area (Å²) in [5, 5.41) is 9.63. The first-order valence-electron chi connectivity index (χ1n) is 3.94. The van der Waals surface area contributed by atoms with Crippen LogP contribution in [0, 0.1) is 0 Å². The van der Waals surface area contributed by atoms with Crippen molar-refractivity contribution in [2.24, 2.45) is 0 Å². The second-order valence-electron chi connectivity index (χ2n) is 2.67. The molecule has 0 heterocycles. The zero-order valence-electron chi connectivity index (χ0n) is 8.16. The van der Waals surface area contributed by atoms with E-state index in [1.807, 2.05) is 0 Å². The number of esters is 1. The predicted octanol–water partition coefficient (Wildman–Crippen LogP) is 1.14. The number of carbonyl (C=O) groups is 1. The van der Waals surface area contributed by atoms with E-state index in [1.165, 1.54) is 13.0 Å². The Hall–Kier alpha value is -1.55. The average molecular weight is 198 g/mol. The van der Waals surface area contributed by atoms with Gasteiger partial charge in [-0.05, 0) is 6.92 Å². The molecule has 4 nitrogen and oxygen atoms in total. The van der Waals surface area contributed by atoms with Crippen LogP contribution in [0.25, 0.3) is 0 Å². The van der Waals surface area contributed by atoms with Crippen LogP contribution in [0.2, 0.25) is 0 Å².